The molecule has 1 unspecified atom stereocenters. The quantitative estimate of drug-likeness (QED) is 0.807. The van der Waals surface area contributed by atoms with Crippen LogP contribution in [0, 0.1) is 0 Å². The number of hydrogen-bond acceptors (Lipinski definition) is 4. The molecule has 1 amide bonds. The molecule has 0 spiro atoms. The van der Waals surface area contributed by atoms with Crippen LogP contribution in [0.4, 0.5) is 0 Å². The molecule has 2 aromatic rings. The third-order valence-electron chi connectivity index (χ3n) is 2.50. The van der Waals surface area contributed by atoms with Crippen molar-refractivity contribution in [2.24, 2.45) is 0 Å². The highest BCUT2D eigenvalue weighted by molar-refractivity contribution is 5.95. The number of carbonyl (C=O) groups excluding carboxylic acids is 2. The molecule has 0 bridgehead atoms. The Balaban J connectivity index is 2.16. The summed E-state index contributed by atoms with van der Waals surface area (Å²) in [4.78, 5) is 27.2. The number of esters is 1. The third kappa shape index (κ3) is 2.32. The first-order valence-electron chi connectivity index (χ1n) is 5.44. The molecule has 0 saturated carbocycles. The van der Waals surface area contributed by atoms with Gasteiger partial charge in [-0.2, -0.15) is 0 Å². The van der Waals surface area contributed by atoms with E-state index in [1.807, 2.05) is 12.1 Å². The molecule has 0 fully saturated rings. The van der Waals surface area contributed by atoms with Gasteiger partial charge in [0.15, 0.2) is 0 Å². The Kier molecular flexibility index (Phi) is 3.27. The van der Waals surface area contributed by atoms with Gasteiger partial charge in [0.1, 0.15) is 17.4 Å². The van der Waals surface area contributed by atoms with Crippen LogP contribution in [0.15, 0.2) is 30.6 Å². The SMILES string of the molecule is COC(=O)C(C)NC(=O)c1cn2ccccc2n1. The van der Waals surface area contributed by atoms with Gasteiger partial charge in [-0.05, 0) is 19.1 Å². The Bertz CT molecular complexity index is 558. The van der Waals surface area contributed by atoms with Gasteiger partial charge >= 0.3 is 5.97 Å². The molecule has 0 aliphatic carbocycles. The van der Waals surface area contributed by atoms with E-state index in [9.17, 15) is 9.59 Å². The van der Waals surface area contributed by atoms with E-state index >= 15 is 0 Å². The van der Waals surface area contributed by atoms with Crippen LogP contribution in [0.25, 0.3) is 5.65 Å². The number of imidazole rings is 1. The van der Waals surface area contributed by atoms with Crippen molar-refractivity contribution in [1.82, 2.24) is 14.7 Å². The van der Waals surface area contributed by atoms with Gasteiger partial charge in [0.25, 0.3) is 5.91 Å². The van der Waals surface area contributed by atoms with Crippen molar-refractivity contribution in [1.29, 1.82) is 0 Å². The highest BCUT2D eigenvalue weighted by Gasteiger charge is 2.18. The van der Waals surface area contributed by atoms with E-state index < -0.39 is 17.9 Å². The summed E-state index contributed by atoms with van der Waals surface area (Å²) >= 11 is 0. The van der Waals surface area contributed by atoms with E-state index in [1.54, 1.807) is 29.8 Å². The second-order valence-electron chi connectivity index (χ2n) is 3.81. The minimum atomic E-state index is -0.702. The predicted molar refractivity (Wildman–Crippen MR) is 64.1 cm³/mol. The second-order valence-corrected chi connectivity index (χ2v) is 3.81. The van der Waals surface area contributed by atoms with Crippen LogP contribution in [0.2, 0.25) is 0 Å². The molecule has 0 aromatic carbocycles. The van der Waals surface area contributed by atoms with Crippen molar-refractivity contribution in [2.45, 2.75) is 13.0 Å². The average Bonchev–Trinajstić information content (AvgIpc) is 2.81. The Hall–Kier alpha value is -2.37. The zero-order valence-corrected chi connectivity index (χ0v) is 10.1. The topological polar surface area (TPSA) is 72.7 Å². The summed E-state index contributed by atoms with van der Waals surface area (Å²) in [6, 6.07) is 4.77. The molecular formula is C12H13N3O3. The number of carbonyl (C=O) groups is 2. The number of fused-ring (bicyclic) bond motifs is 1. The van der Waals surface area contributed by atoms with Gasteiger partial charge in [-0.15, -0.1) is 0 Å². The molecule has 2 rings (SSSR count). The average molecular weight is 247 g/mol. The van der Waals surface area contributed by atoms with Crippen LogP contribution in [-0.2, 0) is 9.53 Å². The van der Waals surface area contributed by atoms with E-state index in [2.05, 4.69) is 15.0 Å². The van der Waals surface area contributed by atoms with Gasteiger partial charge < -0.3 is 14.5 Å². The monoisotopic (exact) mass is 247 g/mol. The fraction of sp³-hybridized carbons (Fsp3) is 0.250. The molecular weight excluding hydrogens is 234 g/mol. The maximum absolute atomic E-state index is 11.9. The molecule has 1 atom stereocenters. The molecule has 2 aromatic heterocycles. The largest absolute Gasteiger partial charge is 0.467 e. The molecule has 18 heavy (non-hydrogen) atoms. The molecule has 0 saturated heterocycles. The highest BCUT2D eigenvalue weighted by Crippen LogP contribution is 2.04. The first-order valence-corrected chi connectivity index (χ1v) is 5.44. The fourth-order valence-electron chi connectivity index (χ4n) is 1.55. The van der Waals surface area contributed by atoms with E-state index in [0.29, 0.717) is 5.65 Å². The summed E-state index contributed by atoms with van der Waals surface area (Å²) in [6.07, 6.45) is 3.40. The van der Waals surface area contributed by atoms with Gasteiger partial charge in [-0.1, -0.05) is 6.07 Å². The van der Waals surface area contributed by atoms with Crippen LogP contribution in [0.3, 0.4) is 0 Å². The van der Waals surface area contributed by atoms with Gasteiger partial charge in [-0.3, -0.25) is 4.79 Å². The molecule has 0 aliphatic heterocycles. The van der Waals surface area contributed by atoms with Crippen LogP contribution < -0.4 is 5.32 Å². The van der Waals surface area contributed by atoms with Crippen LogP contribution >= 0.6 is 0 Å². The zero-order chi connectivity index (χ0) is 13.1. The summed E-state index contributed by atoms with van der Waals surface area (Å²) in [5.74, 6) is -0.899. The lowest BCUT2D eigenvalue weighted by molar-refractivity contribution is -0.142. The summed E-state index contributed by atoms with van der Waals surface area (Å²) in [5, 5.41) is 2.52. The number of amides is 1. The molecule has 0 radical (unpaired) electrons. The van der Waals surface area contributed by atoms with Crippen molar-refractivity contribution >= 4 is 17.5 Å². The smallest absolute Gasteiger partial charge is 0.328 e. The first-order chi connectivity index (χ1) is 8.61. The Morgan fingerprint density at radius 2 is 2.22 bits per heavy atom. The van der Waals surface area contributed by atoms with E-state index in [0.717, 1.165) is 0 Å². The number of ether oxygens (including phenoxy) is 1. The van der Waals surface area contributed by atoms with Crippen molar-refractivity contribution in [3.05, 3.63) is 36.3 Å². The Morgan fingerprint density at radius 1 is 1.44 bits per heavy atom. The Morgan fingerprint density at radius 3 is 2.89 bits per heavy atom. The van der Waals surface area contributed by atoms with Crippen molar-refractivity contribution in [3.63, 3.8) is 0 Å². The maximum atomic E-state index is 11.9. The minimum Gasteiger partial charge on any atom is -0.467 e. The fourth-order valence-corrected chi connectivity index (χ4v) is 1.55. The molecule has 6 nitrogen and oxygen atoms in total. The zero-order valence-electron chi connectivity index (χ0n) is 10.1. The number of pyridine rings is 1. The number of aromatic nitrogens is 2. The van der Waals surface area contributed by atoms with Gasteiger partial charge in [-0.25, -0.2) is 9.78 Å². The normalized spacial score (nSPS) is 12.1. The lowest BCUT2D eigenvalue weighted by atomic mass is 10.3. The molecule has 94 valence electrons. The lowest BCUT2D eigenvalue weighted by Crippen LogP contribution is -2.39. The number of methoxy groups -OCH3 is 1. The lowest BCUT2D eigenvalue weighted by Gasteiger charge is -2.09. The highest BCUT2D eigenvalue weighted by atomic mass is 16.5. The van der Waals surface area contributed by atoms with E-state index in [1.165, 1.54) is 7.11 Å². The summed E-state index contributed by atoms with van der Waals surface area (Å²) in [5.41, 5.74) is 0.935. The second kappa shape index (κ2) is 4.87. The third-order valence-corrected chi connectivity index (χ3v) is 2.50. The first kappa shape index (κ1) is 12.1. The van der Waals surface area contributed by atoms with Gasteiger partial charge in [0, 0.05) is 12.4 Å². The minimum absolute atomic E-state index is 0.261. The predicted octanol–water partition coefficient (Wildman–Crippen LogP) is 0.626. The molecule has 2 heterocycles. The van der Waals surface area contributed by atoms with Gasteiger partial charge in [0.2, 0.25) is 0 Å². The molecule has 1 N–H and O–H groups in total. The summed E-state index contributed by atoms with van der Waals surface area (Å²) < 4.78 is 6.26. The number of hydrogen-bond donors (Lipinski definition) is 1. The van der Waals surface area contributed by atoms with Crippen LogP contribution in [0.1, 0.15) is 17.4 Å². The van der Waals surface area contributed by atoms with Crippen LogP contribution in [0.5, 0.6) is 0 Å². The standard InChI is InChI=1S/C12H13N3O3/c1-8(12(17)18-2)13-11(16)9-7-15-6-4-3-5-10(15)14-9/h3-8H,1-2H3,(H,13,16). The summed E-state index contributed by atoms with van der Waals surface area (Å²) in [6.45, 7) is 1.56. The Labute approximate surface area is 104 Å². The van der Waals surface area contributed by atoms with Crippen molar-refractivity contribution < 1.29 is 14.3 Å². The van der Waals surface area contributed by atoms with E-state index in [4.69, 9.17) is 0 Å². The van der Waals surface area contributed by atoms with Crippen molar-refractivity contribution in [3.8, 4) is 0 Å². The summed E-state index contributed by atoms with van der Waals surface area (Å²) in [7, 11) is 1.27. The van der Waals surface area contributed by atoms with E-state index in [-0.39, 0.29) is 5.69 Å². The molecule has 0 aliphatic rings. The maximum Gasteiger partial charge on any atom is 0.328 e. The van der Waals surface area contributed by atoms with Crippen molar-refractivity contribution in [2.75, 3.05) is 7.11 Å². The number of nitrogens with zero attached hydrogens (tertiary/aromatic N) is 2. The number of rotatable bonds is 3. The molecule has 6 heteroatoms. The van der Waals surface area contributed by atoms with Crippen LogP contribution in [-0.4, -0.2) is 34.4 Å². The number of nitrogens with one attached hydrogen (secondary N) is 1. The van der Waals surface area contributed by atoms with Gasteiger partial charge in [0.05, 0.1) is 7.11 Å².